The molecular weight excluding hydrogens is 454 g/mol. The van der Waals surface area contributed by atoms with E-state index in [-0.39, 0.29) is 23.6 Å². The molecule has 0 fully saturated rings. The average molecular weight is 482 g/mol. The Hall–Kier alpha value is -3.69. The lowest BCUT2D eigenvalue weighted by Gasteiger charge is -2.15. The molecule has 0 aromatic heterocycles. The molecule has 3 aromatic carbocycles. The van der Waals surface area contributed by atoms with Gasteiger partial charge in [0.2, 0.25) is 15.9 Å². The second-order valence-corrected chi connectivity index (χ2v) is 9.30. The number of carbonyl (C=O) groups excluding carboxylic acids is 1. The van der Waals surface area contributed by atoms with Crippen molar-refractivity contribution in [2.45, 2.75) is 23.8 Å². The van der Waals surface area contributed by atoms with Crippen LogP contribution in [0.5, 0.6) is 0 Å². The molecule has 8 nitrogen and oxygen atoms in total. The highest BCUT2D eigenvalue weighted by Gasteiger charge is 2.26. The number of rotatable bonds is 12. The van der Waals surface area contributed by atoms with Crippen LogP contribution in [0.3, 0.4) is 0 Å². The van der Waals surface area contributed by atoms with Crippen molar-refractivity contribution in [2.24, 2.45) is 0 Å². The Morgan fingerprint density at radius 1 is 0.794 bits per heavy atom. The highest BCUT2D eigenvalue weighted by atomic mass is 32.2. The van der Waals surface area contributed by atoms with E-state index in [0.29, 0.717) is 13.1 Å². The topological polar surface area (TPSA) is 125 Å². The summed E-state index contributed by atoms with van der Waals surface area (Å²) in [7, 11) is -4.08. The molecular formula is C25H27N3O5S. The molecule has 1 amide bonds. The minimum atomic E-state index is -4.08. The fourth-order valence-corrected chi connectivity index (χ4v) is 4.50. The quantitative estimate of drug-likeness (QED) is 0.295. The first-order chi connectivity index (χ1) is 16.3. The number of anilines is 1. The van der Waals surface area contributed by atoms with Crippen LogP contribution in [-0.4, -0.2) is 44.5 Å². The van der Waals surface area contributed by atoms with Crippen molar-refractivity contribution in [1.82, 2.24) is 10.0 Å². The number of hydrogen-bond donors (Lipinski definition) is 4. The molecule has 1 unspecified atom stereocenters. The fraction of sp³-hybridized carbons (Fsp3) is 0.200. The molecule has 3 rings (SSSR count). The summed E-state index contributed by atoms with van der Waals surface area (Å²) in [6.07, 6.45) is -0.299. The standard InChI is InChI=1S/C25H27N3O5S/c29-24(27-18-17-26-21-9-5-2-6-10-21)16-15-23(25(30)31)28-34(32,33)22-13-11-20(12-14-22)19-7-3-1-4-8-19/h1-14,23,26,28H,15-18H2,(H,27,29)(H,30,31). The second-order valence-electron chi connectivity index (χ2n) is 7.58. The van der Waals surface area contributed by atoms with Gasteiger partial charge in [0.1, 0.15) is 6.04 Å². The average Bonchev–Trinajstić information content (AvgIpc) is 2.85. The summed E-state index contributed by atoms with van der Waals surface area (Å²) in [5.41, 5.74) is 2.70. The second kappa shape index (κ2) is 12.0. The molecule has 0 aliphatic rings. The first kappa shape index (κ1) is 24.9. The molecule has 0 saturated heterocycles. The molecule has 0 aliphatic heterocycles. The molecule has 34 heavy (non-hydrogen) atoms. The van der Waals surface area contributed by atoms with Gasteiger partial charge in [-0.2, -0.15) is 4.72 Å². The van der Waals surface area contributed by atoms with Crippen LogP contribution < -0.4 is 15.4 Å². The van der Waals surface area contributed by atoms with Crippen LogP contribution in [0.25, 0.3) is 11.1 Å². The largest absolute Gasteiger partial charge is 0.480 e. The van der Waals surface area contributed by atoms with E-state index in [1.54, 1.807) is 12.1 Å². The smallest absolute Gasteiger partial charge is 0.321 e. The van der Waals surface area contributed by atoms with Gasteiger partial charge in [0, 0.05) is 25.2 Å². The molecule has 178 valence electrons. The lowest BCUT2D eigenvalue weighted by atomic mass is 10.1. The van der Waals surface area contributed by atoms with Gasteiger partial charge < -0.3 is 15.7 Å². The molecule has 1 atom stereocenters. The Labute approximate surface area is 199 Å². The van der Waals surface area contributed by atoms with Gasteiger partial charge in [-0.25, -0.2) is 8.42 Å². The van der Waals surface area contributed by atoms with E-state index in [4.69, 9.17) is 0 Å². The first-order valence-corrected chi connectivity index (χ1v) is 12.3. The Kier molecular flexibility index (Phi) is 8.78. The summed E-state index contributed by atoms with van der Waals surface area (Å²) in [6, 6.07) is 23.7. The van der Waals surface area contributed by atoms with Crippen molar-refractivity contribution in [3.63, 3.8) is 0 Å². The number of benzene rings is 3. The zero-order chi connectivity index (χ0) is 24.4. The summed E-state index contributed by atoms with van der Waals surface area (Å²) in [5, 5.41) is 15.3. The molecule has 0 spiro atoms. The van der Waals surface area contributed by atoms with Crippen LogP contribution in [0, 0.1) is 0 Å². The maximum absolute atomic E-state index is 12.7. The maximum atomic E-state index is 12.7. The van der Waals surface area contributed by atoms with Gasteiger partial charge in [-0.1, -0.05) is 60.7 Å². The Morgan fingerprint density at radius 3 is 2.00 bits per heavy atom. The molecule has 3 aromatic rings. The number of carboxylic acid groups (broad SMARTS) is 1. The predicted octanol–water partition coefficient (Wildman–Crippen LogP) is 3.09. The van der Waals surface area contributed by atoms with Gasteiger partial charge in [0.05, 0.1) is 4.90 Å². The number of nitrogens with one attached hydrogen (secondary N) is 3. The SMILES string of the molecule is O=C(CCC(NS(=O)(=O)c1ccc(-c2ccccc2)cc1)C(=O)O)NCCNc1ccccc1. The minimum Gasteiger partial charge on any atom is -0.480 e. The summed E-state index contributed by atoms with van der Waals surface area (Å²) in [4.78, 5) is 23.6. The van der Waals surface area contributed by atoms with E-state index in [1.807, 2.05) is 60.7 Å². The van der Waals surface area contributed by atoms with Crippen LogP contribution in [0.2, 0.25) is 0 Å². The summed E-state index contributed by atoms with van der Waals surface area (Å²) >= 11 is 0. The van der Waals surface area contributed by atoms with Gasteiger partial charge in [0.15, 0.2) is 0 Å². The number of aliphatic carboxylic acids is 1. The third kappa shape index (κ3) is 7.43. The Bertz CT molecular complexity index is 1180. The lowest BCUT2D eigenvalue weighted by Crippen LogP contribution is -2.41. The van der Waals surface area contributed by atoms with Crippen molar-refractivity contribution < 1.29 is 23.1 Å². The number of para-hydroxylation sites is 1. The normalized spacial score (nSPS) is 12.0. The van der Waals surface area contributed by atoms with E-state index >= 15 is 0 Å². The van der Waals surface area contributed by atoms with Gasteiger partial charge in [-0.05, 0) is 41.8 Å². The van der Waals surface area contributed by atoms with Crippen molar-refractivity contribution in [3.05, 3.63) is 84.9 Å². The zero-order valence-corrected chi connectivity index (χ0v) is 19.3. The van der Waals surface area contributed by atoms with Crippen molar-refractivity contribution in [2.75, 3.05) is 18.4 Å². The number of carbonyl (C=O) groups is 2. The highest BCUT2D eigenvalue weighted by Crippen LogP contribution is 2.21. The number of carboxylic acids is 1. The lowest BCUT2D eigenvalue weighted by molar-refractivity contribution is -0.139. The van der Waals surface area contributed by atoms with E-state index in [1.165, 1.54) is 12.1 Å². The molecule has 0 saturated carbocycles. The minimum absolute atomic E-state index is 0.0464. The zero-order valence-electron chi connectivity index (χ0n) is 18.5. The van der Waals surface area contributed by atoms with E-state index in [9.17, 15) is 23.1 Å². The number of sulfonamides is 1. The molecule has 0 radical (unpaired) electrons. The summed E-state index contributed by atoms with van der Waals surface area (Å²) in [5.74, 6) is -1.70. The predicted molar refractivity (Wildman–Crippen MR) is 131 cm³/mol. The van der Waals surface area contributed by atoms with Crippen LogP contribution >= 0.6 is 0 Å². The Morgan fingerprint density at radius 2 is 1.38 bits per heavy atom. The van der Waals surface area contributed by atoms with Crippen molar-refractivity contribution >= 4 is 27.6 Å². The fourth-order valence-electron chi connectivity index (χ4n) is 3.27. The van der Waals surface area contributed by atoms with E-state index in [0.717, 1.165) is 16.8 Å². The monoisotopic (exact) mass is 481 g/mol. The molecule has 9 heteroatoms. The van der Waals surface area contributed by atoms with Crippen LogP contribution in [-0.2, 0) is 19.6 Å². The van der Waals surface area contributed by atoms with Gasteiger partial charge in [-0.3, -0.25) is 9.59 Å². The summed E-state index contributed by atoms with van der Waals surface area (Å²) < 4.78 is 27.6. The molecule has 0 heterocycles. The van der Waals surface area contributed by atoms with Gasteiger partial charge in [-0.15, -0.1) is 0 Å². The third-order valence-corrected chi connectivity index (χ3v) is 6.56. The summed E-state index contributed by atoms with van der Waals surface area (Å²) in [6.45, 7) is 0.856. The van der Waals surface area contributed by atoms with Crippen molar-refractivity contribution in [3.8, 4) is 11.1 Å². The van der Waals surface area contributed by atoms with Crippen molar-refractivity contribution in [1.29, 1.82) is 0 Å². The Balaban J connectivity index is 1.50. The highest BCUT2D eigenvalue weighted by molar-refractivity contribution is 7.89. The number of amides is 1. The number of hydrogen-bond acceptors (Lipinski definition) is 5. The first-order valence-electron chi connectivity index (χ1n) is 10.8. The van der Waals surface area contributed by atoms with Crippen LogP contribution in [0.4, 0.5) is 5.69 Å². The third-order valence-electron chi connectivity index (χ3n) is 5.08. The van der Waals surface area contributed by atoms with Gasteiger partial charge >= 0.3 is 5.97 Å². The van der Waals surface area contributed by atoms with E-state index in [2.05, 4.69) is 15.4 Å². The van der Waals surface area contributed by atoms with E-state index < -0.39 is 22.0 Å². The maximum Gasteiger partial charge on any atom is 0.321 e. The van der Waals surface area contributed by atoms with Gasteiger partial charge in [0.25, 0.3) is 0 Å². The molecule has 4 N–H and O–H groups in total. The van der Waals surface area contributed by atoms with Crippen LogP contribution in [0.1, 0.15) is 12.8 Å². The van der Waals surface area contributed by atoms with Crippen LogP contribution in [0.15, 0.2) is 89.8 Å². The molecule has 0 aliphatic carbocycles. The molecule has 0 bridgehead atoms.